The van der Waals surface area contributed by atoms with Crippen molar-refractivity contribution in [2.24, 2.45) is 0 Å². The molecule has 0 atom stereocenters. The van der Waals surface area contributed by atoms with E-state index in [4.69, 9.17) is 9.72 Å². The van der Waals surface area contributed by atoms with Gasteiger partial charge in [-0.3, -0.25) is 14.7 Å². The van der Waals surface area contributed by atoms with Gasteiger partial charge in [-0.25, -0.2) is 4.98 Å². The van der Waals surface area contributed by atoms with Gasteiger partial charge in [-0.15, -0.1) is 0 Å². The maximum atomic E-state index is 12.2. The third kappa shape index (κ3) is 4.72. The van der Waals surface area contributed by atoms with Crippen LogP contribution in [0.25, 0.3) is 0 Å². The van der Waals surface area contributed by atoms with Gasteiger partial charge in [0.25, 0.3) is 5.56 Å². The van der Waals surface area contributed by atoms with E-state index in [0.717, 1.165) is 75.6 Å². The lowest BCUT2D eigenvalue weighted by atomic mass is 9.93. The Labute approximate surface area is 171 Å². The minimum Gasteiger partial charge on any atom is -0.504 e. The summed E-state index contributed by atoms with van der Waals surface area (Å²) >= 11 is 0. The molecule has 2 N–H and O–H groups in total. The van der Waals surface area contributed by atoms with Gasteiger partial charge < -0.3 is 14.7 Å². The van der Waals surface area contributed by atoms with E-state index in [2.05, 4.69) is 14.8 Å². The Bertz CT molecular complexity index is 884. The normalized spacial score (nSPS) is 18.3. The molecule has 0 unspecified atom stereocenters. The quantitative estimate of drug-likeness (QED) is 0.779. The fourth-order valence-electron chi connectivity index (χ4n) is 4.32. The van der Waals surface area contributed by atoms with Crippen LogP contribution in [0.15, 0.2) is 29.1 Å². The molecule has 2 fully saturated rings. The zero-order chi connectivity index (χ0) is 20.2. The van der Waals surface area contributed by atoms with Crippen LogP contribution >= 0.6 is 0 Å². The number of piperidine rings is 1. The first-order chi connectivity index (χ1) is 14.1. The van der Waals surface area contributed by atoms with E-state index < -0.39 is 0 Å². The number of aromatic hydroxyl groups is 1. The van der Waals surface area contributed by atoms with E-state index in [1.165, 1.54) is 0 Å². The number of hydrogen-bond donors (Lipinski definition) is 2. The molecule has 4 rings (SSSR count). The number of ether oxygens (including phenoxy) is 1. The highest BCUT2D eigenvalue weighted by Crippen LogP contribution is 2.30. The van der Waals surface area contributed by atoms with Crippen LogP contribution in [0.1, 0.15) is 49.8 Å². The third-order valence-corrected chi connectivity index (χ3v) is 5.89. The third-order valence-electron chi connectivity index (χ3n) is 5.89. The Balaban J connectivity index is 1.38. The van der Waals surface area contributed by atoms with Gasteiger partial charge in [0, 0.05) is 31.6 Å². The zero-order valence-electron chi connectivity index (χ0n) is 17.1. The summed E-state index contributed by atoms with van der Waals surface area (Å²) in [6.45, 7) is 7.14. The second-order valence-electron chi connectivity index (χ2n) is 7.97. The summed E-state index contributed by atoms with van der Waals surface area (Å²) in [5.74, 6) is 1.79. The molecule has 2 aromatic rings. The summed E-state index contributed by atoms with van der Waals surface area (Å²) in [6.07, 6.45) is 4.31. The van der Waals surface area contributed by atoms with Crippen molar-refractivity contribution < 1.29 is 9.84 Å². The van der Waals surface area contributed by atoms with Crippen molar-refractivity contribution in [3.63, 3.8) is 0 Å². The zero-order valence-corrected chi connectivity index (χ0v) is 17.1. The summed E-state index contributed by atoms with van der Waals surface area (Å²) < 4.78 is 5.49. The molecule has 0 amide bonds. The minimum atomic E-state index is -0.0492. The van der Waals surface area contributed by atoms with Crippen molar-refractivity contribution in [1.82, 2.24) is 14.9 Å². The number of H-pyrrole nitrogens is 1. The SMILES string of the molecule is CCOc1cc(CN2CCC(c3cc(=O)[nH]c(N4CCCC4)n3)CC2)ccc1O. The fraction of sp³-hybridized carbons (Fsp3) is 0.545. The maximum Gasteiger partial charge on any atom is 0.252 e. The molecular formula is C22H30N4O3. The molecule has 7 heteroatoms. The maximum absolute atomic E-state index is 12.2. The van der Waals surface area contributed by atoms with Gasteiger partial charge in [0.2, 0.25) is 5.95 Å². The average molecular weight is 399 g/mol. The van der Waals surface area contributed by atoms with Crippen LogP contribution in [0.2, 0.25) is 0 Å². The summed E-state index contributed by atoms with van der Waals surface area (Å²) in [7, 11) is 0. The first-order valence-corrected chi connectivity index (χ1v) is 10.7. The van der Waals surface area contributed by atoms with E-state index >= 15 is 0 Å². The number of benzene rings is 1. The van der Waals surface area contributed by atoms with E-state index in [0.29, 0.717) is 18.3 Å². The molecule has 2 aliphatic rings. The second kappa shape index (κ2) is 8.86. The molecule has 0 aliphatic carbocycles. The van der Waals surface area contributed by atoms with Crippen molar-refractivity contribution in [2.75, 3.05) is 37.7 Å². The number of likely N-dealkylation sites (tertiary alicyclic amines) is 1. The van der Waals surface area contributed by atoms with E-state index in [-0.39, 0.29) is 11.3 Å². The summed E-state index contributed by atoms with van der Waals surface area (Å²) in [6, 6.07) is 7.25. The number of hydrogen-bond acceptors (Lipinski definition) is 6. The fourth-order valence-corrected chi connectivity index (χ4v) is 4.32. The van der Waals surface area contributed by atoms with Crippen LogP contribution in [0, 0.1) is 0 Å². The van der Waals surface area contributed by atoms with Gasteiger partial charge >= 0.3 is 0 Å². The Morgan fingerprint density at radius 2 is 1.93 bits per heavy atom. The molecule has 156 valence electrons. The van der Waals surface area contributed by atoms with E-state index in [1.807, 2.05) is 19.1 Å². The molecule has 29 heavy (non-hydrogen) atoms. The Morgan fingerprint density at radius 3 is 2.66 bits per heavy atom. The molecular weight excluding hydrogens is 368 g/mol. The number of nitrogens with zero attached hydrogens (tertiary/aromatic N) is 3. The molecule has 7 nitrogen and oxygen atoms in total. The molecule has 1 aromatic carbocycles. The Kier molecular flexibility index (Phi) is 6.04. The van der Waals surface area contributed by atoms with Crippen LogP contribution in [-0.4, -0.2) is 52.8 Å². The number of aromatic nitrogens is 2. The number of aromatic amines is 1. The van der Waals surface area contributed by atoms with Gasteiger partial charge in [0.05, 0.1) is 12.3 Å². The molecule has 1 aromatic heterocycles. The highest BCUT2D eigenvalue weighted by Gasteiger charge is 2.24. The molecule has 0 radical (unpaired) electrons. The smallest absolute Gasteiger partial charge is 0.252 e. The molecule has 2 aliphatic heterocycles. The Hall–Kier alpha value is -2.54. The largest absolute Gasteiger partial charge is 0.504 e. The van der Waals surface area contributed by atoms with Crippen molar-refractivity contribution in [3.8, 4) is 11.5 Å². The van der Waals surface area contributed by atoms with Crippen LogP contribution in [0.4, 0.5) is 5.95 Å². The molecule has 3 heterocycles. The van der Waals surface area contributed by atoms with Crippen LogP contribution in [-0.2, 0) is 6.54 Å². The number of phenols is 1. The van der Waals surface area contributed by atoms with Crippen LogP contribution in [0.5, 0.6) is 11.5 Å². The predicted molar refractivity (Wildman–Crippen MR) is 113 cm³/mol. The summed E-state index contributed by atoms with van der Waals surface area (Å²) in [4.78, 5) is 24.5. The molecule has 0 bridgehead atoms. The lowest BCUT2D eigenvalue weighted by molar-refractivity contribution is 0.203. The van der Waals surface area contributed by atoms with E-state index in [1.54, 1.807) is 12.1 Å². The van der Waals surface area contributed by atoms with Crippen molar-refractivity contribution in [3.05, 3.63) is 45.9 Å². The van der Waals surface area contributed by atoms with Crippen molar-refractivity contribution >= 4 is 5.95 Å². The molecule has 2 saturated heterocycles. The van der Waals surface area contributed by atoms with Gasteiger partial charge in [-0.05, 0) is 63.4 Å². The lowest BCUT2D eigenvalue weighted by Crippen LogP contribution is -2.33. The molecule has 0 saturated carbocycles. The summed E-state index contributed by atoms with van der Waals surface area (Å²) in [5.41, 5.74) is 2.01. The number of rotatable bonds is 6. The average Bonchev–Trinajstić information content (AvgIpc) is 3.26. The standard InChI is InChI=1S/C22H30N4O3/c1-2-29-20-13-16(5-6-19(20)27)15-25-11-7-17(8-12-25)18-14-21(28)24-22(23-18)26-9-3-4-10-26/h5-6,13-14,17,27H,2-4,7-12,15H2,1H3,(H,23,24,28). The van der Waals surface area contributed by atoms with E-state index in [9.17, 15) is 9.90 Å². The predicted octanol–water partition coefficient (Wildman–Crippen LogP) is 2.85. The second-order valence-corrected chi connectivity index (χ2v) is 7.97. The van der Waals surface area contributed by atoms with Crippen molar-refractivity contribution in [1.29, 1.82) is 0 Å². The first-order valence-electron chi connectivity index (χ1n) is 10.7. The summed E-state index contributed by atoms with van der Waals surface area (Å²) in [5, 5.41) is 9.88. The number of phenolic OH excluding ortho intramolecular Hbond substituents is 1. The van der Waals surface area contributed by atoms with Crippen molar-refractivity contribution in [2.45, 2.75) is 45.1 Å². The van der Waals surface area contributed by atoms with Crippen LogP contribution in [0.3, 0.4) is 0 Å². The van der Waals surface area contributed by atoms with Gasteiger partial charge in [0.1, 0.15) is 0 Å². The van der Waals surface area contributed by atoms with Crippen LogP contribution < -0.4 is 15.2 Å². The van der Waals surface area contributed by atoms with Gasteiger partial charge in [-0.1, -0.05) is 6.07 Å². The first kappa shape index (κ1) is 19.8. The number of nitrogens with one attached hydrogen (secondary N) is 1. The van der Waals surface area contributed by atoms with Gasteiger partial charge in [-0.2, -0.15) is 0 Å². The monoisotopic (exact) mass is 398 g/mol. The molecule has 0 spiro atoms. The number of anilines is 1. The highest BCUT2D eigenvalue weighted by atomic mass is 16.5. The highest BCUT2D eigenvalue weighted by molar-refractivity contribution is 5.41. The topological polar surface area (TPSA) is 81.7 Å². The minimum absolute atomic E-state index is 0.0492. The van der Waals surface area contributed by atoms with Gasteiger partial charge in [0.15, 0.2) is 11.5 Å². The Morgan fingerprint density at radius 1 is 1.17 bits per heavy atom. The lowest BCUT2D eigenvalue weighted by Gasteiger charge is -2.32.